The highest BCUT2D eigenvalue weighted by molar-refractivity contribution is 6.15. The molecule has 40 heavy (non-hydrogen) atoms. The lowest BCUT2D eigenvalue weighted by molar-refractivity contribution is 0.0370. The first-order valence-electron chi connectivity index (χ1n) is 15.3. The van der Waals surface area contributed by atoms with Gasteiger partial charge in [0.05, 0.1) is 26.4 Å². The molecule has 2 aliphatic rings. The van der Waals surface area contributed by atoms with Crippen LogP contribution < -0.4 is 0 Å². The van der Waals surface area contributed by atoms with Crippen molar-refractivity contribution >= 4 is 33.1 Å². The number of unbranched alkanes of at least 4 members (excludes halogenated alkanes) is 4. The maximum atomic E-state index is 13.2. The molecule has 214 valence electrons. The van der Waals surface area contributed by atoms with Gasteiger partial charge in [-0.05, 0) is 72.5 Å². The number of ether oxygens (including phenoxy) is 2. The summed E-state index contributed by atoms with van der Waals surface area (Å²) in [5, 5.41) is 4.02. The van der Waals surface area contributed by atoms with E-state index in [1.54, 1.807) is 0 Å². The molecule has 0 bridgehead atoms. The van der Waals surface area contributed by atoms with Crippen LogP contribution in [0.4, 0.5) is 0 Å². The maximum Gasteiger partial charge on any atom is 0.163 e. The first-order chi connectivity index (χ1) is 19.7. The fourth-order valence-corrected chi connectivity index (χ4v) is 6.05. The molecule has 0 N–H and O–H groups in total. The maximum absolute atomic E-state index is 13.2. The Kier molecular flexibility index (Phi) is 10.7. The second kappa shape index (κ2) is 14.8. The van der Waals surface area contributed by atoms with Crippen LogP contribution in [-0.4, -0.2) is 87.1 Å². The van der Waals surface area contributed by atoms with Crippen LogP contribution in [0, 0.1) is 0 Å². The van der Waals surface area contributed by atoms with Crippen molar-refractivity contribution in [3.8, 4) is 0 Å². The number of morpholine rings is 2. The number of benzene rings is 3. The molecule has 6 nitrogen and oxygen atoms in total. The molecular formula is C34H44N2O4. The molecule has 5 rings (SSSR count). The van der Waals surface area contributed by atoms with E-state index in [0.717, 1.165) is 137 Å². The van der Waals surface area contributed by atoms with Gasteiger partial charge in [0.2, 0.25) is 0 Å². The van der Waals surface area contributed by atoms with Gasteiger partial charge in [0, 0.05) is 50.1 Å². The number of carbonyl (C=O) groups is 2. The number of nitrogens with zero attached hydrogens (tertiary/aromatic N) is 2. The predicted octanol–water partition coefficient (Wildman–Crippen LogP) is 6.14. The second-order valence-electron chi connectivity index (χ2n) is 11.3. The minimum atomic E-state index is 0.209. The standard InChI is InChI=1S/C34H44N2O4/c37-33(13-3-1-5-15-35-17-21-39-22-18-35)29-11-7-9-27-26-32-28(25-31(27)29)10-8-12-30(32)34(38)14-4-2-6-16-36-19-23-40-24-20-36/h7-12,25-26H,1-6,13-24H2. The van der Waals surface area contributed by atoms with Gasteiger partial charge in [0.1, 0.15) is 0 Å². The average molecular weight is 545 g/mol. The quantitative estimate of drug-likeness (QED) is 0.138. The van der Waals surface area contributed by atoms with Crippen LogP contribution in [0.2, 0.25) is 0 Å². The van der Waals surface area contributed by atoms with Gasteiger partial charge in [-0.2, -0.15) is 0 Å². The highest BCUT2D eigenvalue weighted by Crippen LogP contribution is 2.29. The minimum Gasteiger partial charge on any atom is -0.379 e. The molecule has 0 amide bonds. The molecule has 0 unspecified atom stereocenters. The molecule has 0 saturated carbocycles. The third kappa shape index (κ3) is 7.76. The predicted molar refractivity (Wildman–Crippen MR) is 162 cm³/mol. The monoisotopic (exact) mass is 544 g/mol. The van der Waals surface area contributed by atoms with E-state index in [1.165, 1.54) is 0 Å². The van der Waals surface area contributed by atoms with E-state index in [1.807, 2.05) is 24.3 Å². The molecule has 2 saturated heterocycles. The van der Waals surface area contributed by atoms with Crippen molar-refractivity contribution in [2.75, 3.05) is 65.7 Å². The summed E-state index contributed by atoms with van der Waals surface area (Å²) in [6.45, 7) is 9.59. The first kappa shape index (κ1) is 28.9. The minimum absolute atomic E-state index is 0.209. The fourth-order valence-electron chi connectivity index (χ4n) is 6.05. The third-order valence-corrected chi connectivity index (χ3v) is 8.44. The highest BCUT2D eigenvalue weighted by atomic mass is 16.5. The summed E-state index contributed by atoms with van der Waals surface area (Å²) in [5.41, 5.74) is 1.59. The van der Waals surface area contributed by atoms with Crippen molar-refractivity contribution in [2.24, 2.45) is 0 Å². The van der Waals surface area contributed by atoms with Crippen LogP contribution in [0.1, 0.15) is 72.1 Å². The molecular weight excluding hydrogens is 500 g/mol. The Morgan fingerprint density at radius 2 is 1.00 bits per heavy atom. The van der Waals surface area contributed by atoms with Gasteiger partial charge in [-0.25, -0.2) is 0 Å². The summed E-state index contributed by atoms with van der Waals surface area (Å²) in [5.74, 6) is 0.418. The third-order valence-electron chi connectivity index (χ3n) is 8.44. The van der Waals surface area contributed by atoms with E-state index in [0.29, 0.717) is 12.8 Å². The molecule has 2 heterocycles. The van der Waals surface area contributed by atoms with Gasteiger partial charge in [0.15, 0.2) is 11.6 Å². The highest BCUT2D eigenvalue weighted by Gasteiger charge is 2.15. The van der Waals surface area contributed by atoms with Gasteiger partial charge >= 0.3 is 0 Å². The lowest BCUT2D eigenvalue weighted by atomic mass is 9.92. The molecule has 0 atom stereocenters. The smallest absolute Gasteiger partial charge is 0.163 e. The van der Waals surface area contributed by atoms with Gasteiger partial charge < -0.3 is 9.47 Å². The zero-order valence-electron chi connectivity index (χ0n) is 23.9. The lowest BCUT2D eigenvalue weighted by Gasteiger charge is -2.26. The Labute approximate surface area is 238 Å². The van der Waals surface area contributed by atoms with E-state index in [4.69, 9.17) is 9.47 Å². The Balaban J connectivity index is 1.17. The van der Waals surface area contributed by atoms with Gasteiger partial charge in [-0.1, -0.05) is 49.2 Å². The van der Waals surface area contributed by atoms with Crippen LogP contribution in [0.25, 0.3) is 21.5 Å². The lowest BCUT2D eigenvalue weighted by Crippen LogP contribution is -2.36. The van der Waals surface area contributed by atoms with Crippen molar-refractivity contribution in [3.63, 3.8) is 0 Å². The number of ketones is 2. The zero-order chi connectivity index (χ0) is 27.6. The number of fused-ring (bicyclic) bond motifs is 2. The Bertz CT molecular complexity index is 1180. The summed E-state index contributed by atoms with van der Waals surface area (Å²) in [6.07, 6.45) is 7.35. The van der Waals surface area contributed by atoms with E-state index in [2.05, 4.69) is 34.1 Å². The van der Waals surface area contributed by atoms with Crippen molar-refractivity contribution < 1.29 is 19.1 Å². The SMILES string of the molecule is O=C(CCCCCN1CCOCC1)c1cccc2cc3c(C(=O)CCCCCN4CCOCC4)cccc3cc12. The van der Waals surface area contributed by atoms with Gasteiger partial charge in [-0.3, -0.25) is 19.4 Å². The largest absolute Gasteiger partial charge is 0.379 e. The van der Waals surface area contributed by atoms with Crippen molar-refractivity contribution in [2.45, 2.75) is 51.4 Å². The van der Waals surface area contributed by atoms with E-state index < -0.39 is 0 Å². The van der Waals surface area contributed by atoms with Crippen LogP contribution in [0.15, 0.2) is 48.5 Å². The van der Waals surface area contributed by atoms with Crippen LogP contribution in [-0.2, 0) is 9.47 Å². The normalized spacial score (nSPS) is 17.0. The summed E-state index contributed by atoms with van der Waals surface area (Å²) in [6, 6.07) is 16.2. The molecule has 2 aliphatic heterocycles. The van der Waals surface area contributed by atoms with E-state index >= 15 is 0 Å². The first-order valence-corrected chi connectivity index (χ1v) is 15.3. The number of hydrogen-bond acceptors (Lipinski definition) is 6. The zero-order valence-corrected chi connectivity index (χ0v) is 23.9. The Hall–Kier alpha value is -2.64. The van der Waals surface area contributed by atoms with Crippen molar-refractivity contribution in [3.05, 3.63) is 59.7 Å². The Morgan fingerprint density at radius 3 is 1.43 bits per heavy atom. The molecule has 3 aromatic carbocycles. The second-order valence-corrected chi connectivity index (χ2v) is 11.3. The van der Waals surface area contributed by atoms with Crippen molar-refractivity contribution in [1.29, 1.82) is 0 Å². The molecule has 2 fully saturated rings. The van der Waals surface area contributed by atoms with Crippen LogP contribution in [0.5, 0.6) is 0 Å². The summed E-state index contributed by atoms with van der Waals surface area (Å²) in [4.78, 5) is 31.3. The average Bonchev–Trinajstić information content (AvgIpc) is 3.00. The summed E-state index contributed by atoms with van der Waals surface area (Å²) in [7, 11) is 0. The van der Waals surface area contributed by atoms with Gasteiger partial charge in [-0.15, -0.1) is 0 Å². The van der Waals surface area contributed by atoms with E-state index in [-0.39, 0.29) is 11.6 Å². The molecule has 0 radical (unpaired) electrons. The molecule has 0 aliphatic carbocycles. The van der Waals surface area contributed by atoms with Gasteiger partial charge in [0.25, 0.3) is 0 Å². The summed E-state index contributed by atoms with van der Waals surface area (Å²) >= 11 is 0. The molecule has 3 aromatic rings. The fraction of sp³-hybridized carbons (Fsp3) is 0.529. The summed E-state index contributed by atoms with van der Waals surface area (Å²) < 4.78 is 10.8. The van der Waals surface area contributed by atoms with Crippen LogP contribution in [0.3, 0.4) is 0 Å². The number of hydrogen-bond donors (Lipinski definition) is 0. The van der Waals surface area contributed by atoms with Crippen molar-refractivity contribution in [1.82, 2.24) is 9.80 Å². The Morgan fingerprint density at radius 1 is 0.575 bits per heavy atom. The molecule has 0 spiro atoms. The molecule has 6 heteroatoms. The topological polar surface area (TPSA) is 59.1 Å². The van der Waals surface area contributed by atoms with E-state index in [9.17, 15) is 9.59 Å². The molecule has 0 aromatic heterocycles. The number of rotatable bonds is 14. The number of Topliss-reactive ketones (excluding diaryl/α,β-unsaturated/α-hetero) is 2. The van der Waals surface area contributed by atoms with Crippen LogP contribution >= 0.6 is 0 Å². The number of carbonyl (C=O) groups excluding carboxylic acids is 2.